The molecule has 1 aliphatic rings. The predicted octanol–water partition coefficient (Wildman–Crippen LogP) is 3.20. The first-order valence-corrected chi connectivity index (χ1v) is 10.8. The molecule has 1 amide bonds. The Balaban J connectivity index is 1.91. The van der Waals surface area contributed by atoms with Crippen molar-refractivity contribution in [2.45, 2.75) is 43.2 Å². The van der Waals surface area contributed by atoms with Gasteiger partial charge in [-0.05, 0) is 50.6 Å². The van der Waals surface area contributed by atoms with Crippen LogP contribution in [-0.4, -0.2) is 38.8 Å². The maximum atomic E-state index is 14.7. The van der Waals surface area contributed by atoms with Gasteiger partial charge < -0.3 is 15.8 Å². The number of carbonyl (C=O) groups excluding carboxylic acids is 1. The lowest BCUT2D eigenvalue weighted by molar-refractivity contribution is 0.102. The van der Waals surface area contributed by atoms with Gasteiger partial charge in [-0.3, -0.25) is 14.0 Å². The second kappa shape index (κ2) is 8.51. The van der Waals surface area contributed by atoms with Crippen molar-refractivity contribution < 1.29 is 18.1 Å². The summed E-state index contributed by atoms with van der Waals surface area (Å²) in [4.78, 5) is 21.0. The molecular formula is C21H25FN4O3S. The minimum Gasteiger partial charge on any atom is -0.495 e. The van der Waals surface area contributed by atoms with Crippen molar-refractivity contribution in [1.29, 1.82) is 0 Å². The number of pyridine rings is 1. The number of ether oxygens (including phenoxy) is 1. The number of carbonyl (C=O) groups is 1. The van der Waals surface area contributed by atoms with Gasteiger partial charge in [0.15, 0.2) is 0 Å². The van der Waals surface area contributed by atoms with Gasteiger partial charge in [-0.2, -0.15) is 0 Å². The van der Waals surface area contributed by atoms with Gasteiger partial charge in [0.2, 0.25) is 0 Å². The molecule has 3 N–H and O–H groups in total. The predicted molar refractivity (Wildman–Crippen MR) is 116 cm³/mol. The van der Waals surface area contributed by atoms with E-state index in [1.165, 1.54) is 37.6 Å². The lowest BCUT2D eigenvalue weighted by Gasteiger charge is -2.38. The van der Waals surface area contributed by atoms with Crippen LogP contribution in [0.4, 0.5) is 10.1 Å². The Labute approximate surface area is 177 Å². The highest BCUT2D eigenvalue weighted by Gasteiger charge is 2.45. The number of nitrogens with two attached hydrogens (primary N) is 1. The second-order valence-corrected chi connectivity index (χ2v) is 9.33. The van der Waals surface area contributed by atoms with Crippen molar-refractivity contribution in [1.82, 2.24) is 4.98 Å². The Bertz CT molecular complexity index is 1010. The van der Waals surface area contributed by atoms with E-state index in [1.807, 2.05) is 6.92 Å². The Morgan fingerprint density at radius 3 is 2.70 bits per heavy atom. The lowest BCUT2D eigenvalue weighted by atomic mass is 10.0. The summed E-state index contributed by atoms with van der Waals surface area (Å²) in [6.45, 7) is 5.42. The van der Waals surface area contributed by atoms with E-state index in [4.69, 9.17) is 10.5 Å². The summed E-state index contributed by atoms with van der Waals surface area (Å²) in [5, 5.41) is 2.02. The van der Waals surface area contributed by atoms with Gasteiger partial charge in [0.05, 0.1) is 24.6 Å². The zero-order valence-corrected chi connectivity index (χ0v) is 18.1. The minimum atomic E-state index is -1.50. The Kier molecular flexibility index (Phi) is 6.21. The number of rotatable bonds is 5. The number of hydrogen-bond acceptors (Lipinski definition) is 6. The molecular weight excluding hydrogens is 407 g/mol. The molecule has 2 heterocycles. The smallest absolute Gasteiger partial charge is 0.274 e. The van der Waals surface area contributed by atoms with E-state index in [-0.39, 0.29) is 11.3 Å². The van der Waals surface area contributed by atoms with Crippen molar-refractivity contribution in [2.75, 3.05) is 12.4 Å². The van der Waals surface area contributed by atoms with Gasteiger partial charge in [-0.25, -0.2) is 9.37 Å². The van der Waals surface area contributed by atoms with Gasteiger partial charge >= 0.3 is 0 Å². The van der Waals surface area contributed by atoms with Gasteiger partial charge in [0.1, 0.15) is 27.8 Å². The molecule has 1 unspecified atom stereocenters. The molecule has 9 heteroatoms. The first kappa shape index (κ1) is 21.9. The van der Waals surface area contributed by atoms with Gasteiger partial charge in [-0.1, -0.05) is 6.92 Å². The van der Waals surface area contributed by atoms with Crippen LogP contribution in [0.1, 0.15) is 48.5 Å². The molecule has 0 spiro atoms. The minimum absolute atomic E-state index is 0.187. The zero-order valence-electron chi connectivity index (χ0n) is 17.3. The topological polar surface area (TPSA) is 107 Å². The van der Waals surface area contributed by atoms with E-state index in [2.05, 4.69) is 15.3 Å². The molecule has 0 aliphatic carbocycles. The number of nitrogens with one attached hydrogen (secondary N) is 1. The quantitative estimate of drug-likeness (QED) is 0.755. The Morgan fingerprint density at radius 2 is 2.10 bits per heavy atom. The average Bonchev–Trinajstić information content (AvgIpc) is 2.74. The summed E-state index contributed by atoms with van der Waals surface area (Å²) in [7, 11) is 0.00986. The highest BCUT2D eigenvalue weighted by molar-refractivity contribution is 7.87. The van der Waals surface area contributed by atoms with Gasteiger partial charge in [-0.15, -0.1) is 0 Å². The number of amidine groups is 1. The summed E-state index contributed by atoms with van der Waals surface area (Å²) >= 11 is 0. The molecule has 7 nitrogen and oxygen atoms in total. The lowest BCUT2D eigenvalue weighted by Crippen LogP contribution is -2.51. The molecule has 0 saturated carbocycles. The van der Waals surface area contributed by atoms with Crippen molar-refractivity contribution in [3.63, 3.8) is 0 Å². The molecule has 0 bridgehead atoms. The molecule has 160 valence electrons. The Morgan fingerprint density at radius 1 is 1.37 bits per heavy atom. The van der Waals surface area contributed by atoms with Crippen LogP contribution in [0.25, 0.3) is 0 Å². The van der Waals surface area contributed by atoms with Crippen LogP contribution in [0.15, 0.2) is 41.5 Å². The third-order valence-electron chi connectivity index (χ3n) is 5.44. The van der Waals surface area contributed by atoms with Crippen molar-refractivity contribution >= 4 is 28.2 Å². The highest BCUT2D eigenvalue weighted by atomic mass is 32.2. The number of aromatic nitrogens is 1. The summed E-state index contributed by atoms with van der Waals surface area (Å²) in [5.41, 5.74) is 6.85. The van der Waals surface area contributed by atoms with Crippen LogP contribution in [0, 0.1) is 5.82 Å². The summed E-state index contributed by atoms with van der Waals surface area (Å²) < 4.78 is 32.3. The molecule has 0 radical (unpaired) electrons. The maximum absolute atomic E-state index is 14.7. The fraction of sp³-hybridized carbons (Fsp3) is 0.381. The van der Waals surface area contributed by atoms with Gasteiger partial charge in [0, 0.05) is 22.1 Å². The number of aliphatic imine (C=N–C) groups is 1. The normalized spacial score (nSPS) is 26.0. The molecule has 3 rings (SSSR count). The summed E-state index contributed by atoms with van der Waals surface area (Å²) in [5.74, 6) is -0.103. The first-order valence-electron chi connectivity index (χ1n) is 9.56. The van der Waals surface area contributed by atoms with Crippen molar-refractivity contribution in [3.05, 3.63) is 53.6 Å². The average molecular weight is 433 g/mol. The number of hydrogen-bond donors (Lipinski definition) is 2. The fourth-order valence-electron chi connectivity index (χ4n) is 3.35. The third kappa shape index (κ3) is 3.94. The molecule has 1 aromatic carbocycles. The molecule has 0 fully saturated rings. The monoisotopic (exact) mass is 432 g/mol. The molecule has 1 aromatic heterocycles. The molecule has 1 aliphatic heterocycles. The number of methoxy groups -OCH3 is 1. The zero-order chi connectivity index (χ0) is 22.1. The maximum Gasteiger partial charge on any atom is 0.274 e. The molecule has 0 saturated heterocycles. The van der Waals surface area contributed by atoms with Crippen LogP contribution in [0.5, 0.6) is 5.75 Å². The standard InChI is InChI=1S/C21H25FN4O3S/c1-5-21(3)20(23)25-12(2)18(30(21)28)15-10-13(6-8-16(15)22)26-19(27)17-9-7-14(29-4)11-24-17/h6-12,18H,5H2,1-4H3,(H2,23,25)(H,26,27)/t12-,18+,21+,30?/m0/s1. The highest BCUT2D eigenvalue weighted by Crippen LogP contribution is 2.40. The van der Waals surface area contributed by atoms with Gasteiger partial charge in [0.25, 0.3) is 5.91 Å². The van der Waals surface area contributed by atoms with Crippen LogP contribution in [0.2, 0.25) is 0 Å². The number of amides is 1. The largest absolute Gasteiger partial charge is 0.495 e. The van der Waals surface area contributed by atoms with E-state index in [1.54, 1.807) is 19.9 Å². The first-order chi connectivity index (χ1) is 14.2. The second-order valence-electron chi connectivity index (χ2n) is 7.33. The van der Waals surface area contributed by atoms with E-state index >= 15 is 0 Å². The van der Waals surface area contributed by atoms with E-state index in [9.17, 15) is 13.4 Å². The molecule has 30 heavy (non-hydrogen) atoms. The number of nitrogens with zero attached hydrogens (tertiary/aromatic N) is 2. The SMILES string of the molecule is CC[C@]1(C)C(N)=N[C@@H](C)[C@H](c2cc(NC(=O)c3ccc(OC)cn3)ccc2F)S1=O. The molecule has 4 atom stereocenters. The summed E-state index contributed by atoms with van der Waals surface area (Å²) in [6.07, 6.45) is 1.95. The Hall–Kier alpha value is -2.81. The number of benzene rings is 1. The van der Waals surface area contributed by atoms with Crippen LogP contribution >= 0.6 is 0 Å². The van der Waals surface area contributed by atoms with Crippen molar-refractivity contribution in [3.8, 4) is 5.75 Å². The van der Waals surface area contributed by atoms with Crippen molar-refractivity contribution in [2.24, 2.45) is 10.7 Å². The number of halogens is 1. The molecule has 2 aromatic rings. The van der Waals surface area contributed by atoms with Crippen LogP contribution < -0.4 is 15.8 Å². The van der Waals surface area contributed by atoms with E-state index in [0.29, 0.717) is 23.7 Å². The van der Waals surface area contributed by atoms with Crippen LogP contribution in [0.3, 0.4) is 0 Å². The van der Waals surface area contributed by atoms with E-state index < -0.39 is 38.6 Å². The fourth-order valence-corrected chi connectivity index (χ4v) is 5.29. The number of anilines is 1. The van der Waals surface area contributed by atoms with Crippen LogP contribution in [-0.2, 0) is 10.8 Å². The van der Waals surface area contributed by atoms with E-state index in [0.717, 1.165) is 0 Å². The summed E-state index contributed by atoms with van der Waals surface area (Å²) in [6, 6.07) is 6.89. The third-order valence-corrected chi connectivity index (χ3v) is 7.93.